The summed E-state index contributed by atoms with van der Waals surface area (Å²) in [6.45, 7) is 13.1. The number of benzene rings is 2. The zero-order valence-corrected chi connectivity index (χ0v) is 29.4. The standard InChI is InChI=1S/C37H54O7Si/c1-36(2,3)45(6,7)44-32-25-24-31(30(32)22-16-8-9-17-23-33(38)41-5)37(4,34(39)42-26-28-18-12-10-13-19-28)35(40)43-27-29-20-14-11-15-21-29/h10-15,18-21,30-32H,8-9,16-17,22-27H2,1-7H3/t30-,31+,32+/m1/s1. The fraction of sp³-hybridized carbons (Fsp3) is 0.595. The van der Waals surface area contributed by atoms with Crippen LogP contribution in [-0.2, 0) is 46.2 Å². The molecule has 0 spiro atoms. The van der Waals surface area contributed by atoms with Gasteiger partial charge in [0.1, 0.15) is 13.2 Å². The molecule has 45 heavy (non-hydrogen) atoms. The van der Waals surface area contributed by atoms with E-state index in [4.69, 9.17) is 18.6 Å². The lowest BCUT2D eigenvalue weighted by Gasteiger charge is -2.42. The molecule has 1 fully saturated rings. The lowest BCUT2D eigenvalue weighted by atomic mass is 9.70. The van der Waals surface area contributed by atoms with Gasteiger partial charge in [-0.1, -0.05) is 101 Å². The molecule has 1 aliphatic carbocycles. The van der Waals surface area contributed by atoms with Gasteiger partial charge in [-0.2, -0.15) is 0 Å². The number of methoxy groups -OCH3 is 1. The highest BCUT2D eigenvalue weighted by Gasteiger charge is 2.57. The van der Waals surface area contributed by atoms with Crippen molar-refractivity contribution in [1.82, 2.24) is 0 Å². The number of carbonyl (C=O) groups is 3. The van der Waals surface area contributed by atoms with E-state index in [1.807, 2.05) is 60.7 Å². The Balaban J connectivity index is 1.87. The quantitative estimate of drug-likeness (QED) is 0.0600. The minimum Gasteiger partial charge on any atom is -0.469 e. The first-order valence-corrected chi connectivity index (χ1v) is 19.4. The number of hydrogen-bond donors (Lipinski definition) is 0. The topological polar surface area (TPSA) is 88.1 Å². The van der Waals surface area contributed by atoms with Gasteiger partial charge in [0.05, 0.1) is 7.11 Å². The van der Waals surface area contributed by atoms with Gasteiger partial charge < -0.3 is 18.6 Å². The summed E-state index contributed by atoms with van der Waals surface area (Å²) in [7, 11) is -0.720. The minimum atomic E-state index is -2.13. The second-order valence-corrected chi connectivity index (χ2v) is 18.9. The molecule has 2 aromatic rings. The van der Waals surface area contributed by atoms with Crippen molar-refractivity contribution >= 4 is 26.2 Å². The number of ether oxygens (including phenoxy) is 3. The van der Waals surface area contributed by atoms with Crippen molar-refractivity contribution in [2.45, 2.75) is 117 Å². The first kappa shape index (κ1) is 36.5. The van der Waals surface area contributed by atoms with Gasteiger partial charge in [0.2, 0.25) is 0 Å². The van der Waals surface area contributed by atoms with E-state index < -0.39 is 25.7 Å². The van der Waals surface area contributed by atoms with Crippen LogP contribution in [0.25, 0.3) is 0 Å². The Morgan fingerprint density at radius 3 is 1.76 bits per heavy atom. The molecule has 0 saturated heterocycles. The summed E-state index contributed by atoms with van der Waals surface area (Å²) in [5, 5.41) is 0.0239. The molecule has 0 radical (unpaired) electrons. The Hall–Kier alpha value is -2.97. The highest BCUT2D eigenvalue weighted by Crippen LogP contribution is 2.51. The molecule has 0 unspecified atom stereocenters. The van der Waals surface area contributed by atoms with Crippen molar-refractivity contribution in [3.05, 3.63) is 71.8 Å². The number of rotatable bonds is 16. The van der Waals surface area contributed by atoms with Gasteiger partial charge in [0.15, 0.2) is 13.7 Å². The van der Waals surface area contributed by atoms with Crippen molar-refractivity contribution in [1.29, 1.82) is 0 Å². The van der Waals surface area contributed by atoms with Gasteiger partial charge in [0, 0.05) is 12.5 Å². The van der Waals surface area contributed by atoms with E-state index in [1.165, 1.54) is 7.11 Å². The number of esters is 3. The Morgan fingerprint density at radius 1 is 0.756 bits per heavy atom. The number of unbranched alkanes of at least 4 members (excludes halogenated alkanes) is 3. The molecule has 2 aromatic carbocycles. The van der Waals surface area contributed by atoms with Gasteiger partial charge in [-0.05, 0) is 73.7 Å². The zero-order chi connectivity index (χ0) is 33.1. The molecule has 3 rings (SSSR count). The summed E-state index contributed by atoms with van der Waals surface area (Å²) in [5.41, 5.74) is 0.227. The van der Waals surface area contributed by atoms with E-state index in [-0.39, 0.29) is 42.2 Å². The number of carbonyl (C=O) groups excluding carboxylic acids is 3. The molecule has 0 aromatic heterocycles. The summed E-state index contributed by atoms with van der Waals surface area (Å²) < 4.78 is 23.6. The van der Waals surface area contributed by atoms with Crippen molar-refractivity contribution in [3.63, 3.8) is 0 Å². The fourth-order valence-corrected chi connectivity index (χ4v) is 7.48. The van der Waals surface area contributed by atoms with E-state index in [1.54, 1.807) is 6.92 Å². The molecule has 3 atom stereocenters. The van der Waals surface area contributed by atoms with Crippen LogP contribution in [-0.4, -0.2) is 39.4 Å². The Kier molecular flexibility index (Phi) is 13.4. The van der Waals surface area contributed by atoms with Gasteiger partial charge in [0.25, 0.3) is 0 Å². The minimum absolute atomic E-state index is 0.0155. The van der Waals surface area contributed by atoms with Crippen molar-refractivity contribution in [2.75, 3.05) is 7.11 Å². The van der Waals surface area contributed by atoms with E-state index in [2.05, 4.69) is 33.9 Å². The molecule has 0 aliphatic heterocycles. The monoisotopic (exact) mass is 638 g/mol. The zero-order valence-electron chi connectivity index (χ0n) is 28.4. The fourth-order valence-electron chi connectivity index (χ4n) is 6.07. The lowest BCUT2D eigenvalue weighted by Crippen LogP contribution is -2.49. The van der Waals surface area contributed by atoms with E-state index in [0.717, 1.165) is 49.7 Å². The maximum Gasteiger partial charge on any atom is 0.323 e. The Morgan fingerprint density at radius 2 is 1.27 bits per heavy atom. The molecular weight excluding hydrogens is 584 g/mol. The summed E-state index contributed by atoms with van der Waals surface area (Å²) in [6, 6.07) is 19.0. The summed E-state index contributed by atoms with van der Waals surface area (Å²) in [6.07, 6.45) is 6.16. The third kappa shape index (κ3) is 10.0. The third-order valence-corrected chi connectivity index (χ3v) is 14.4. The van der Waals surface area contributed by atoms with Crippen molar-refractivity contribution in [2.24, 2.45) is 17.3 Å². The maximum atomic E-state index is 14.1. The molecule has 1 aliphatic rings. The molecule has 7 nitrogen and oxygen atoms in total. The van der Waals surface area contributed by atoms with Crippen molar-refractivity contribution in [3.8, 4) is 0 Å². The lowest BCUT2D eigenvalue weighted by molar-refractivity contribution is -0.179. The molecule has 1 saturated carbocycles. The average Bonchev–Trinajstić information content (AvgIpc) is 3.41. The molecule has 0 bridgehead atoms. The highest BCUT2D eigenvalue weighted by atomic mass is 28.4. The second kappa shape index (κ2) is 16.5. The average molecular weight is 639 g/mol. The predicted molar refractivity (Wildman–Crippen MR) is 179 cm³/mol. The molecule has 8 heteroatoms. The van der Waals surface area contributed by atoms with E-state index in [0.29, 0.717) is 12.8 Å². The first-order chi connectivity index (χ1) is 21.3. The van der Waals surface area contributed by atoms with Gasteiger partial charge in [-0.15, -0.1) is 0 Å². The van der Waals surface area contributed by atoms with Crippen LogP contribution >= 0.6 is 0 Å². The SMILES string of the molecule is COC(=O)CCCCCC[C@H]1[C@@H](O[Si](C)(C)C(C)(C)C)CC[C@@H]1C(C)(C(=O)OCc1ccccc1)C(=O)OCc1ccccc1. The van der Waals surface area contributed by atoms with E-state index >= 15 is 0 Å². The normalized spacial score (nSPS) is 18.8. The van der Waals surface area contributed by atoms with Crippen LogP contribution in [0, 0.1) is 17.3 Å². The van der Waals surface area contributed by atoms with Gasteiger partial charge in [-0.25, -0.2) is 0 Å². The molecule has 248 valence electrons. The maximum absolute atomic E-state index is 14.1. The molecule has 0 N–H and O–H groups in total. The highest BCUT2D eigenvalue weighted by molar-refractivity contribution is 6.74. The Labute approximate surface area is 271 Å². The van der Waals surface area contributed by atoms with Crippen LogP contribution in [0.2, 0.25) is 18.1 Å². The summed E-state index contributed by atoms with van der Waals surface area (Å²) in [4.78, 5) is 39.7. The first-order valence-electron chi connectivity index (χ1n) is 16.5. The predicted octanol–water partition coefficient (Wildman–Crippen LogP) is 8.41. The van der Waals surface area contributed by atoms with Crippen LogP contribution in [0.15, 0.2) is 60.7 Å². The second-order valence-electron chi connectivity index (χ2n) is 14.1. The van der Waals surface area contributed by atoms with Gasteiger partial charge in [-0.3, -0.25) is 14.4 Å². The summed E-state index contributed by atoms with van der Waals surface area (Å²) in [5.74, 6) is -1.60. The number of hydrogen-bond acceptors (Lipinski definition) is 7. The Bertz CT molecular complexity index is 1170. The molecular formula is C37H54O7Si. The molecule has 0 heterocycles. The van der Waals surface area contributed by atoms with Crippen LogP contribution in [0.1, 0.15) is 90.2 Å². The third-order valence-electron chi connectivity index (χ3n) is 9.92. The summed E-state index contributed by atoms with van der Waals surface area (Å²) >= 11 is 0. The van der Waals surface area contributed by atoms with Gasteiger partial charge >= 0.3 is 17.9 Å². The molecule has 0 amide bonds. The van der Waals surface area contributed by atoms with Crippen LogP contribution in [0.4, 0.5) is 0 Å². The van der Waals surface area contributed by atoms with Crippen LogP contribution in [0.3, 0.4) is 0 Å². The van der Waals surface area contributed by atoms with Crippen molar-refractivity contribution < 1.29 is 33.0 Å². The van der Waals surface area contributed by atoms with E-state index in [9.17, 15) is 14.4 Å². The largest absolute Gasteiger partial charge is 0.469 e. The van der Waals surface area contributed by atoms with Crippen LogP contribution in [0.5, 0.6) is 0 Å². The van der Waals surface area contributed by atoms with Crippen LogP contribution < -0.4 is 0 Å². The smallest absolute Gasteiger partial charge is 0.323 e.